The van der Waals surface area contributed by atoms with Gasteiger partial charge in [-0.25, -0.2) is 15.1 Å². The second kappa shape index (κ2) is 8.26. The predicted molar refractivity (Wildman–Crippen MR) is 91.0 cm³/mol. The van der Waals surface area contributed by atoms with Gasteiger partial charge in [0.1, 0.15) is 0 Å². The molecule has 0 radical (unpaired) electrons. The van der Waals surface area contributed by atoms with Gasteiger partial charge >= 0.3 is 17.8 Å². The van der Waals surface area contributed by atoms with Gasteiger partial charge in [0.15, 0.2) is 0 Å². The summed E-state index contributed by atoms with van der Waals surface area (Å²) < 4.78 is 46.5. The summed E-state index contributed by atoms with van der Waals surface area (Å²) in [6.07, 6.45) is -3.88. The van der Waals surface area contributed by atoms with Crippen molar-refractivity contribution in [3.8, 4) is 0 Å². The Morgan fingerprint density at radius 1 is 1.15 bits per heavy atom. The van der Waals surface area contributed by atoms with Gasteiger partial charge in [-0.15, -0.1) is 0 Å². The molecule has 0 fully saturated rings. The van der Waals surface area contributed by atoms with E-state index < -0.39 is 23.7 Å². The number of aromatic amines is 1. The van der Waals surface area contributed by atoms with Crippen LogP contribution < -0.4 is 15.6 Å². The number of hydrogen-bond acceptors (Lipinski definition) is 4. The highest BCUT2D eigenvalue weighted by Crippen LogP contribution is 2.33. The molecule has 2 aromatic rings. The molecule has 0 aliphatic heterocycles. The number of aromatic nitrogens is 1. The predicted octanol–water partition coefficient (Wildman–Crippen LogP) is 2.82. The lowest BCUT2D eigenvalue weighted by Gasteiger charge is -2.30. The lowest BCUT2D eigenvalue weighted by atomic mass is 10.1. The van der Waals surface area contributed by atoms with E-state index in [4.69, 9.17) is 11.6 Å². The molecule has 0 bridgehead atoms. The molecule has 1 amide bonds. The second-order valence-electron chi connectivity index (χ2n) is 5.30. The molecule has 1 aromatic carbocycles. The van der Waals surface area contributed by atoms with Crippen molar-refractivity contribution in [3.63, 3.8) is 0 Å². The number of H-pyrrole nitrogens is 1. The van der Waals surface area contributed by atoms with Crippen molar-refractivity contribution < 1.29 is 32.5 Å². The molecule has 1 aromatic heterocycles. The summed E-state index contributed by atoms with van der Waals surface area (Å²) in [6, 6.07) is 9.76. The number of carbonyl (C=O) groups excluding carboxylic acids is 2. The van der Waals surface area contributed by atoms with Crippen LogP contribution in [-0.2, 0) is 9.53 Å². The van der Waals surface area contributed by atoms with E-state index in [9.17, 15) is 22.8 Å². The zero-order chi connectivity index (χ0) is 20.1. The first-order valence-electron chi connectivity index (χ1n) is 7.77. The summed E-state index contributed by atoms with van der Waals surface area (Å²) in [5.41, 5.74) is -3.76. The molecule has 6 nitrogen and oxygen atoms in total. The molecule has 0 aliphatic carbocycles. The van der Waals surface area contributed by atoms with Gasteiger partial charge in [0.25, 0.3) is 11.7 Å². The maximum Gasteiger partial charge on any atom is 0.464 e. The van der Waals surface area contributed by atoms with Gasteiger partial charge in [0.05, 0.1) is 23.4 Å². The molecule has 10 heteroatoms. The first-order chi connectivity index (χ1) is 12.7. The monoisotopic (exact) mass is 402 g/mol. The minimum Gasteiger partial charge on any atom is -0.461 e. The SMILES string of the molecule is CCOC(=O)[C@](NC(=O)c1ccccc1Cl)(Nc1cccc[nH+]1)C(F)(F)F. The minimum absolute atomic E-state index is 0.0683. The topological polar surface area (TPSA) is 81.6 Å². The highest BCUT2D eigenvalue weighted by atomic mass is 35.5. The van der Waals surface area contributed by atoms with Gasteiger partial charge < -0.3 is 4.74 Å². The van der Waals surface area contributed by atoms with E-state index >= 15 is 0 Å². The van der Waals surface area contributed by atoms with Crippen molar-refractivity contribution in [3.05, 3.63) is 59.2 Å². The summed E-state index contributed by atoms with van der Waals surface area (Å²) in [6.45, 7) is 1.03. The molecule has 144 valence electrons. The van der Waals surface area contributed by atoms with Crippen molar-refractivity contribution >= 4 is 29.3 Å². The van der Waals surface area contributed by atoms with Gasteiger partial charge in [0, 0.05) is 6.07 Å². The molecule has 0 saturated heterocycles. The van der Waals surface area contributed by atoms with Crippen LogP contribution in [0.3, 0.4) is 0 Å². The molecule has 27 heavy (non-hydrogen) atoms. The number of esters is 1. The number of ether oxygens (including phenoxy) is 1. The summed E-state index contributed by atoms with van der Waals surface area (Å²) in [5, 5.41) is 3.65. The van der Waals surface area contributed by atoms with Crippen LogP contribution in [0.5, 0.6) is 0 Å². The molecule has 3 N–H and O–H groups in total. The standard InChI is InChI=1S/C17H15ClF3N3O3/c1-2-27-15(26)16(17(19,20)21,23-13-9-5-6-10-22-13)24-14(25)11-7-3-4-8-12(11)18/h3-10H,2H2,1H3,(H,22,23)(H,24,25)/p+1/t16-/m1/s1. The Balaban J connectivity index is 2.51. The number of rotatable bonds is 6. The third-order valence-corrected chi connectivity index (χ3v) is 3.79. The van der Waals surface area contributed by atoms with Crippen molar-refractivity contribution in [1.29, 1.82) is 0 Å². The number of pyridine rings is 1. The quantitative estimate of drug-likeness (QED) is 0.575. The number of amides is 1. The van der Waals surface area contributed by atoms with E-state index in [2.05, 4.69) is 9.72 Å². The van der Waals surface area contributed by atoms with Gasteiger partial charge in [-0.05, 0) is 25.1 Å². The number of anilines is 1. The van der Waals surface area contributed by atoms with Gasteiger partial charge in [-0.2, -0.15) is 13.2 Å². The zero-order valence-corrected chi connectivity index (χ0v) is 14.8. The fraction of sp³-hybridized carbons (Fsp3) is 0.235. The molecule has 0 saturated carbocycles. The summed E-state index contributed by atoms with van der Waals surface area (Å²) in [5.74, 6) is -3.08. The van der Waals surface area contributed by atoms with Crippen LogP contribution in [0.25, 0.3) is 0 Å². The molecule has 1 atom stereocenters. The number of benzene rings is 1. The third-order valence-electron chi connectivity index (χ3n) is 3.46. The van der Waals surface area contributed by atoms with Crippen molar-refractivity contribution in [1.82, 2.24) is 5.32 Å². The Kier molecular flexibility index (Phi) is 6.27. The fourth-order valence-corrected chi connectivity index (χ4v) is 2.41. The lowest BCUT2D eigenvalue weighted by Crippen LogP contribution is -2.69. The van der Waals surface area contributed by atoms with Crippen molar-refractivity contribution in [2.45, 2.75) is 18.8 Å². The first-order valence-corrected chi connectivity index (χ1v) is 8.15. The molecule has 0 aliphatic rings. The Hall–Kier alpha value is -2.81. The summed E-state index contributed by atoms with van der Waals surface area (Å²) in [7, 11) is 0. The van der Waals surface area contributed by atoms with Crippen LogP contribution >= 0.6 is 11.6 Å². The Morgan fingerprint density at radius 2 is 1.81 bits per heavy atom. The number of hydrogen-bond donors (Lipinski definition) is 2. The molecular formula is C17H16ClF3N3O3+. The second-order valence-corrected chi connectivity index (χ2v) is 5.71. The van der Waals surface area contributed by atoms with Crippen LogP contribution in [0.2, 0.25) is 5.02 Å². The lowest BCUT2D eigenvalue weighted by molar-refractivity contribution is -0.363. The van der Waals surface area contributed by atoms with Crippen molar-refractivity contribution in [2.24, 2.45) is 0 Å². The molecule has 1 heterocycles. The van der Waals surface area contributed by atoms with E-state index in [1.54, 1.807) is 5.32 Å². The van der Waals surface area contributed by atoms with Gasteiger partial charge in [-0.1, -0.05) is 29.8 Å². The number of carbonyl (C=O) groups is 2. The number of nitrogens with one attached hydrogen (secondary N) is 3. The van der Waals surface area contributed by atoms with Crippen LogP contribution in [0.4, 0.5) is 19.0 Å². The van der Waals surface area contributed by atoms with Gasteiger partial charge in [-0.3, -0.25) is 10.1 Å². The van der Waals surface area contributed by atoms with Crippen LogP contribution in [0, 0.1) is 0 Å². The average molecular weight is 403 g/mol. The Labute approximate surface area is 157 Å². The maximum atomic E-state index is 14.0. The summed E-state index contributed by atoms with van der Waals surface area (Å²) in [4.78, 5) is 27.3. The molecular weight excluding hydrogens is 387 g/mol. The van der Waals surface area contributed by atoms with Crippen molar-refractivity contribution in [2.75, 3.05) is 11.9 Å². The highest BCUT2D eigenvalue weighted by molar-refractivity contribution is 6.33. The maximum absolute atomic E-state index is 14.0. The minimum atomic E-state index is -5.24. The Morgan fingerprint density at radius 3 is 2.37 bits per heavy atom. The Bertz CT molecular complexity index is 818. The molecule has 0 unspecified atom stereocenters. The van der Waals surface area contributed by atoms with E-state index in [-0.39, 0.29) is 23.0 Å². The zero-order valence-electron chi connectivity index (χ0n) is 14.1. The van der Waals surface area contributed by atoms with E-state index in [0.29, 0.717) is 0 Å². The number of halogens is 4. The first kappa shape index (κ1) is 20.5. The molecule has 2 rings (SSSR count). The van der Waals surface area contributed by atoms with Crippen LogP contribution in [0.1, 0.15) is 17.3 Å². The molecule has 0 spiro atoms. The van der Waals surface area contributed by atoms with Crippen LogP contribution in [-0.4, -0.2) is 30.3 Å². The van der Waals surface area contributed by atoms with E-state index in [0.717, 1.165) is 0 Å². The largest absolute Gasteiger partial charge is 0.464 e. The fourth-order valence-electron chi connectivity index (χ4n) is 2.19. The summed E-state index contributed by atoms with van der Waals surface area (Å²) >= 11 is 5.88. The highest BCUT2D eigenvalue weighted by Gasteiger charge is 2.68. The average Bonchev–Trinajstić information content (AvgIpc) is 2.61. The number of alkyl halides is 3. The van der Waals surface area contributed by atoms with Crippen LogP contribution in [0.15, 0.2) is 48.7 Å². The van der Waals surface area contributed by atoms with E-state index in [1.165, 1.54) is 55.6 Å². The van der Waals surface area contributed by atoms with E-state index in [1.807, 2.05) is 5.32 Å². The van der Waals surface area contributed by atoms with Gasteiger partial charge in [0.2, 0.25) is 0 Å². The third kappa shape index (κ3) is 4.48. The normalized spacial score (nSPS) is 13.4. The smallest absolute Gasteiger partial charge is 0.461 e.